The van der Waals surface area contributed by atoms with Gasteiger partial charge in [-0.3, -0.25) is 9.79 Å². The largest absolute Gasteiger partial charge is 0.370 e. The number of aliphatic imine (C=N–C) groups is 1. The van der Waals surface area contributed by atoms with E-state index < -0.39 is 0 Å². The molecule has 0 aliphatic carbocycles. The lowest BCUT2D eigenvalue weighted by Gasteiger charge is -2.11. The van der Waals surface area contributed by atoms with Gasteiger partial charge in [-0.25, -0.2) is 0 Å². The third kappa shape index (κ3) is 6.61. The standard InChI is InChI=1S/C17H28N4O/c1-13(2)8-10-19-17(18)20-11-9-14-6-5-7-15(12-14)16(22)21(3)4/h5-7,12-13H,8-11H2,1-4H3,(H3,18,19,20). The van der Waals surface area contributed by atoms with Crippen LogP contribution < -0.4 is 11.1 Å². The highest BCUT2D eigenvalue weighted by Gasteiger charge is 2.07. The van der Waals surface area contributed by atoms with Gasteiger partial charge >= 0.3 is 0 Å². The topological polar surface area (TPSA) is 70.7 Å². The van der Waals surface area contributed by atoms with Crippen molar-refractivity contribution in [2.24, 2.45) is 16.6 Å². The molecule has 0 aliphatic rings. The van der Waals surface area contributed by atoms with Crippen molar-refractivity contribution in [3.05, 3.63) is 35.4 Å². The molecule has 1 rings (SSSR count). The highest BCUT2D eigenvalue weighted by atomic mass is 16.2. The van der Waals surface area contributed by atoms with Crippen LogP contribution in [0.4, 0.5) is 0 Å². The second kappa shape index (κ2) is 9.07. The number of nitrogens with one attached hydrogen (secondary N) is 1. The quantitative estimate of drug-likeness (QED) is 0.597. The first-order chi connectivity index (χ1) is 10.4. The molecule has 0 saturated heterocycles. The summed E-state index contributed by atoms with van der Waals surface area (Å²) in [6.07, 6.45) is 1.84. The first-order valence-electron chi connectivity index (χ1n) is 7.74. The van der Waals surface area contributed by atoms with Gasteiger partial charge in [0.1, 0.15) is 0 Å². The number of nitrogens with two attached hydrogens (primary N) is 1. The zero-order valence-corrected chi connectivity index (χ0v) is 14.1. The Morgan fingerprint density at radius 1 is 1.36 bits per heavy atom. The number of rotatable bonds is 7. The lowest BCUT2D eigenvalue weighted by atomic mass is 10.1. The zero-order valence-electron chi connectivity index (χ0n) is 14.1. The molecule has 0 heterocycles. The van der Waals surface area contributed by atoms with Crippen LogP contribution in [0.2, 0.25) is 0 Å². The molecule has 0 saturated carbocycles. The van der Waals surface area contributed by atoms with E-state index in [-0.39, 0.29) is 5.91 Å². The SMILES string of the molecule is CC(C)CCN=C(N)NCCc1cccc(C(=O)N(C)C)c1. The summed E-state index contributed by atoms with van der Waals surface area (Å²) in [6, 6.07) is 7.68. The number of amides is 1. The van der Waals surface area contributed by atoms with Crippen LogP contribution in [-0.2, 0) is 6.42 Å². The normalized spacial score (nSPS) is 11.6. The minimum atomic E-state index is 0.0181. The minimum absolute atomic E-state index is 0.0181. The summed E-state index contributed by atoms with van der Waals surface area (Å²) in [6.45, 7) is 5.79. The van der Waals surface area contributed by atoms with Crippen molar-refractivity contribution < 1.29 is 4.79 Å². The third-order valence-electron chi connectivity index (χ3n) is 3.29. The maximum absolute atomic E-state index is 11.9. The average molecular weight is 304 g/mol. The van der Waals surface area contributed by atoms with Gasteiger partial charge in [-0.05, 0) is 36.5 Å². The van der Waals surface area contributed by atoms with Crippen molar-refractivity contribution in [1.82, 2.24) is 10.2 Å². The Morgan fingerprint density at radius 2 is 2.09 bits per heavy atom. The van der Waals surface area contributed by atoms with Crippen LogP contribution in [0.3, 0.4) is 0 Å². The van der Waals surface area contributed by atoms with Crippen molar-refractivity contribution in [2.45, 2.75) is 26.7 Å². The van der Waals surface area contributed by atoms with Crippen molar-refractivity contribution in [3.63, 3.8) is 0 Å². The Labute approximate surface area is 133 Å². The van der Waals surface area contributed by atoms with Gasteiger partial charge in [-0.1, -0.05) is 26.0 Å². The first-order valence-corrected chi connectivity index (χ1v) is 7.74. The van der Waals surface area contributed by atoms with Crippen molar-refractivity contribution in [2.75, 3.05) is 27.2 Å². The summed E-state index contributed by atoms with van der Waals surface area (Å²) in [4.78, 5) is 17.8. The van der Waals surface area contributed by atoms with Crippen molar-refractivity contribution in [3.8, 4) is 0 Å². The summed E-state index contributed by atoms with van der Waals surface area (Å²) in [5.41, 5.74) is 7.64. The molecule has 122 valence electrons. The van der Waals surface area contributed by atoms with Crippen LogP contribution in [0.1, 0.15) is 36.2 Å². The smallest absolute Gasteiger partial charge is 0.253 e. The average Bonchev–Trinajstić information content (AvgIpc) is 2.46. The van der Waals surface area contributed by atoms with E-state index in [9.17, 15) is 4.79 Å². The van der Waals surface area contributed by atoms with Gasteiger partial charge in [0, 0.05) is 32.7 Å². The fourth-order valence-corrected chi connectivity index (χ4v) is 1.95. The maximum Gasteiger partial charge on any atom is 0.253 e. The van der Waals surface area contributed by atoms with Gasteiger partial charge in [-0.2, -0.15) is 0 Å². The number of hydrogen-bond donors (Lipinski definition) is 2. The molecular formula is C17H28N4O. The summed E-state index contributed by atoms with van der Waals surface area (Å²) in [5.74, 6) is 1.14. The van der Waals surface area contributed by atoms with Gasteiger partial charge in [0.25, 0.3) is 5.91 Å². The summed E-state index contributed by atoms with van der Waals surface area (Å²) >= 11 is 0. The summed E-state index contributed by atoms with van der Waals surface area (Å²) in [5, 5.41) is 3.11. The van der Waals surface area contributed by atoms with E-state index in [1.165, 1.54) is 0 Å². The van der Waals surface area contributed by atoms with E-state index in [1.54, 1.807) is 19.0 Å². The molecule has 1 aromatic rings. The fraction of sp³-hybridized carbons (Fsp3) is 0.529. The second-order valence-electron chi connectivity index (χ2n) is 6.03. The molecule has 0 bridgehead atoms. The van der Waals surface area contributed by atoms with E-state index >= 15 is 0 Å². The van der Waals surface area contributed by atoms with E-state index in [0.717, 1.165) is 24.9 Å². The number of guanidine groups is 1. The molecule has 0 spiro atoms. The Bertz CT molecular complexity index is 509. The molecule has 0 aliphatic heterocycles. The summed E-state index contributed by atoms with van der Waals surface area (Å²) in [7, 11) is 3.51. The maximum atomic E-state index is 11.9. The molecule has 5 heteroatoms. The highest BCUT2D eigenvalue weighted by Crippen LogP contribution is 2.07. The number of nitrogens with zero attached hydrogens (tertiary/aromatic N) is 2. The molecule has 1 amide bonds. The van der Waals surface area contributed by atoms with Crippen LogP contribution in [0.5, 0.6) is 0 Å². The zero-order chi connectivity index (χ0) is 16.5. The molecule has 0 fully saturated rings. The third-order valence-corrected chi connectivity index (χ3v) is 3.29. The van der Waals surface area contributed by atoms with Crippen LogP contribution in [0.25, 0.3) is 0 Å². The molecule has 22 heavy (non-hydrogen) atoms. The van der Waals surface area contributed by atoms with Crippen LogP contribution in [0, 0.1) is 5.92 Å². The van der Waals surface area contributed by atoms with Crippen molar-refractivity contribution in [1.29, 1.82) is 0 Å². The molecule has 0 radical (unpaired) electrons. The lowest BCUT2D eigenvalue weighted by Crippen LogP contribution is -2.33. The lowest BCUT2D eigenvalue weighted by molar-refractivity contribution is 0.0827. The Hall–Kier alpha value is -2.04. The second-order valence-corrected chi connectivity index (χ2v) is 6.03. The van der Waals surface area contributed by atoms with E-state index in [0.29, 0.717) is 24.0 Å². The van der Waals surface area contributed by atoms with Gasteiger partial charge in [0.2, 0.25) is 0 Å². The Morgan fingerprint density at radius 3 is 2.73 bits per heavy atom. The van der Waals surface area contributed by atoms with Gasteiger partial charge in [0.05, 0.1) is 0 Å². The first kappa shape index (κ1) is 18.0. The molecule has 0 atom stereocenters. The summed E-state index contributed by atoms with van der Waals surface area (Å²) < 4.78 is 0. The van der Waals surface area contributed by atoms with Crippen LogP contribution >= 0.6 is 0 Å². The highest BCUT2D eigenvalue weighted by molar-refractivity contribution is 5.94. The fourth-order valence-electron chi connectivity index (χ4n) is 1.95. The molecule has 5 nitrogen and oxygen atoms in total. The van der Waals surface area contributed by atoms with Crippen LogP contribution in [0.15, 0.2) is 29.3 Å². The number of benzene rings is 1. The number of carbonyl (C=O) groups excluding carboxylic acids is 1. The van der Waals surface area contributed by atoms with Gasteiger partial charge in [0.15, 0.2) is 5.96 Å². The number of carbonyl (C=O) groups is 1. The Kier molecular flexibility index (Phi) is 7.43. The predicted molar refractivity (Wildman–Crippen MR) is 92.1 cm³/mol. The molecule has 0 aromatic heterocycles. The number of hydrogen-bond acceptors (Lipinski definition) is 2. The van der Waals surface area contributed by atoms with E-state index in [4.69, 9.17) is 5.73 Å². The van der Waals surface area contributed by atoms with E-state index in [1.807, 2.05) is 24.3 Å². The van der Waals surface area contributed by atoms with Gasteiger partial charge in [-0.15, -0.1) is 0 Å². The predicted octanol–water partition coefficient (Wildman–Crippen LogP) is 1.88. The molecule has 0 unspecified atom stereocenters. The monoisotopic (exact) mass is 304 g/mol. The van der Waals surface area contributed by atoms with Gasteiger partial charge < -0.3 is 16.0 Å². The molecule has 3 N–H and O–H groups in total. The minimum Gasteiger partial charge on any atom is -0.370 e. The molecule has 1 aromatic carbocycles. The van der Waals surface area contributed by atoms with Crippen LogP contribution in [-0.4, -0.2) is 44.0 Å². The van der Waals surface area contributed by atoms with Crippen molar-refractivity contribution >= 4 is 11.9 Å². The molecular weight excluding hydrogens is 276 g/mol. The van der Waals surface area contributed by atoms with E-state index in [2.05, 4.69) is 24.2 Å². The Balaban J connectivity index is 2.45.